The smallest absolute Gasteiger partial charge is 0.341 e. The maximum absolute atomic E-state index is 12.8. The van der Waals surface area contributed by atoms with Crippen LogP contribution in [-0.4, -0.2) is 38.3 Å². The number of carbonyl (C=O) groups is 1. The van der Waals surface area contributed by atoms with Crippen LogP contribution in [0, 0.1) is 11.8 Å². The van der Waals surface area contributed by atoms with Gasteiger partial charge < -0.3 is 10.0 Å². The molecule has 2 atom stereocenters. The molecule has 1 aliphatic rings. The molecule has 2 rings (SSSR count). The summed E-state index contributed by atoms with van der Waals surface area (Å²) in [7, 11) is -4.73. The molecule has 122 valence electrons. The van der Waals surface area contributed by atoms with Gasteiger partial charge in [-0.25, -0.2) is 8.42 Å². The van der Waals surface area contributed by atoms with Crippen molar-refractivity contribution in [3.63, 3.8) is 0 Å². The zero-order valence-electron chi connectivity index (χ0n) is 11.9. The Balaban J connectivity index is 2.43. The van der Waals surface area contributed by atoms with Gasteiger partial charge in [-0.1, -0.05) is 19.1 Å². The standard InChI is InChI=1S/C14H17F2NO4S/c1-9-6-10(13(18)19)8-17(7-9)11-4-2-3-5-12(11)22(20,21)14(15)16/h2-5,9-10,14H,6-8H2,1H3,(H,18,19). The highest BCUT2D eigenvalue weighted by Crippen LogP contribution is 2.33. The molecule has 1 heterocycles. The third-order valence-corrected chi connectivity index (χ3v) is 5.18. The van der Waals surface area contributed by atoms with Crippen molar-refractivity contribution in [2.75, 3.05) is 18.0 Å². The molecule has 0 radical (unpaired) electrons. The summed E-state index contributed by atoms with van der Waals surface area (Å²) >= 11 is 0. The summed E-state index contributed by atoms with van der Waals surface area (Å²) in [6.45, 7) is 2.39. The Morgan fingerprint density at radius 1 is 1.32 bits per heavy atom. The minimum atomic E-state index is -4.73. The first-order valence-electron chi connectivity index (χ1n) is 6.82. The van der Waals surface area contributed by atoms with E-state index in [1.165, 1.54) is 12.1 Å². The van der Waals surface area contributed by atoms with E-state index in [0.29, 0.717) is 13.0 Å². The Hall–Kier alpha value is -1.70. The number of anilines is 1. The van der Waals surface area contributed by atoms with Gasteiger partial charge in [-0.2, -0.15) is 8.78 Å². The molecule has 1 fully saturated rings. The minimum absolute atomic E-state index is 0.0251. The second-order valence-corrected chi connectivity index (χ2v) is 7.44. The number of piperidine rings is 1. The molecule has 1 aromatic rings. The molecule has 0 saturated carbocycles. The lowest BCUT2D eigenvalue weighted by atomic mass is 9.90. The van der Waals surface area contributed by atoms with E-state index in [9.17, 15) is 27.1 Å². The Bertz CT molecular complexity index is 663. The van der Waals surface area contributed by atoms with Crippen LogP contribution in [0.3, 0.4) is 0 Å². The molecule has 1 aliphatic heterocycles. The second kappa shape index (κ2) is 6.20. The molecule has 0 amide bonds. The van der Waals surface area contributed by atoms with Gasteiger partial charge in [0.25, 0.3) is 0 Å². The number of alkyl halides is 2. The van der Waals surface area contributed by atoms with Crippen molar-refractivity contribution in [1.82, 2.24) is 0 Å². The lowest BCUT2D eigenvalue weighted by Crippen LogP contribution is -2.43. The SMILES string of the molecule is CC1CC(C(=O)O)CN(c2ccccc2S(=O)(=O)C(F)F)C1. The largest absolute Gasteiger partial charge is 0.481 e. The average molecular weight is 333 g/mol. The normalized spacial score (nSPS) is 22.8. The maximum Gasteiger partial charge on any atom is 0.341 e. The van der Waals surface area contributed by atoms with Crippen LogP contribution in [0.4, 0.5) is 14.5 Å². The van der Waals surface area contributed by atoms with Crippen LogP contribution in [0.1, 0.15) is 13.3 Å². The number of hydrogen-bond donors (Lipinski definition) is 1. The predicted octanol–water partition coefficient (Wildman–Crippen LogP) is 2.23. The van der Waals surface area contributed by atoms with E-state index in [4.69, 9.17) is 0 Å². The van der Waals surface area contributed by atoms with Crippen molar-refractivity contribution >= 4 is 21.5 Å². The molecule has 0 bridgehead atoms. The van der Waals surface area contributed by atoms with Crippen molar-refractivity contribution < 1.29 is 27.1 Å². The number of nitrogens with zero attached hydrogens (tertiary/aromatic N) is 1. The van der Waals surface area contributed by atoms with E-state index >= 15 is 0 Å². The van der Waals surface area contributed by atoms with Crippen LogP contribution in [-0.2, 0) is 14.6 Å². The third kappa shape index (κ3) is 3.21. The fourth-order valence-corrected chi connectivity index (χ4v) is 3.73. The van der Waals surface area contributed by atoms with Gasteiger partial charge in [0.05, 0.1) is 16.5 Å². The van der Waals surface area contributed by atoms with Crippen molar-refractivity contribution in [2.45, 2.75) is 24.0 Å². The fraction of sp³-hybridized carbons (Fsp3) is 0.500. The van der Waals surface area contributed by atoms with Crippen LogP contribution < -0.4 is 4.90 Å². The summed E-state index contributed by atoms with van der Waals surface area (Å²) < 4.78 is 49.3. The number of benzene rings is 1. The highest BCUT2D eigenvalue weighted by molar-refractivity contribution is 7.91. The van der Waals surface area contributed by atoms with Gasteiger partial charge in [0, 0.05) is 13.1 Å². The minimum Gasteiger partial charge on any atom is -0.481 e. The molecule has 5 nitrogen and oxygen atoms in total. The Morgan fingerprint density at radius 2 is 1.95 bits per heavy atom. The number of hydrogen-bond acceptors (Lipinski definition) is 4. The first kappa shape index (κ1) is 16.7. The van der Waals surface area contributed by atoms with Crippen molar-refractivity contribution in [3.05, 3.63) is 24.3 Å². The monoisotopic (exact) mass is 333 g/mol. The summed E-state index contributed by atoms with van der Waals surface area (Å²) in [6.07, 6.45) is 0.482. The summed E-state index contributed by atoms with van der Waals surface area (Å²) in [5.74, 6) is -5.10. The molecule has 22 heavy (non-hydrogen) atoms. The number of carboxylic acid groups (broad SMARTS) is 1. The summed E-state index contributed by atoms with van der Waals surface area (Å²) in [5.41, 5.74) is 0.139. The summed E-state index contributed by atoms with van der Waals surface area (Å²) in [4.78, 5) is 12.3. The number of aliphatic carboxylic acids is 1. The fourth-order valence-electron chi connectivity index (χ4n) is 2.78. The topological polar surface area (TPSA) is 74.7 Å². The van der Waals surface area contributed by atoms with Crippen LogP contribution >= 0.6 is 0 Å². The van der Waals surface area contributed by atoms with Crippen molar-refractivity contribution in [3.8, 4) is 0 Å². The van der Waals surface area contributed by atoms with Crippen molar-refractivity contribution in [1.29, 1.82) is 0 Å². The molecule has 1 N–H and O–H groups in total. The zero-order chi connectivity index (χ0) is 16.5. The van der Waals surface area contributed by atoms with E-state index in [2.05, 4.69) is 0 Å². The van der Waals surface area contributed by atoms with E-state index < -0.39 is 32.4 Å². The highest BCUT2D eigenvalue weighted by atomic mass is 32.2. The van der Waals surface area contributed by atoms with E-state index in [1.54, 1.807) is 11.0 Å². The van der Waals surface area contributed by atoms with Gasteiger partial charge in [0.1, 0.15) is 0 Å². The van der Waals surface area contributed by atoms with Gasteiger partial charge in [-0.3, -0.25) is 4.79 Å². The van der Waals surface area contributed by atoms with Gasteiger partial charge in [0.15, 0.2) is 0 Å². The zero-order valence-corrected chi connectivity index (χ0v) is 12.8. The Kier molecular flexibility index (Phi) is 4.69. The first-order chi connectivity index (χ1) is 10.2. The summed E-state index contributed by atoms with van der Waals surface area (Å²) in [6, 6.07) is 5.49. The second-order valence-electron chi connectivity index (χ2n) is 5.55. The van der Waals surface area contributed by atoms with Gasteiger partial charge in [-0.15, -0.1) is 0 Å². The van der Waals surface area contributed by atoms with E-state index in [0.717, 1.165) is 6.07 Å². The van der Waals surface area contributed by atoms with Gasteiger partial charge >= 0.3 is 11.7 Å². The van der Waals surface area contributed by atoms with E-state index in [1.807, 2.05) is 6.92 Å². The molecule has 8 heteroatoms. The van der Waals surface area contributed by atoms with Crippen LogP contribution in [0.25, 0.3) is 0 Å². The Morgan fingerprint density at radius 3 is 2.55 bits per heavy atom. The number of halogens is 2. The third-order valence-electron chi connectivity index (χ3n) is 3.76. The van der Waals surface area contributed by atoms with Crippen LogP contribution in [0.2, 0.25) is 0 Å². The Labute approximate surface area is 127 Å². The molecule has 0 aromatic heterocycles. The van der Waals surface area contributed by atoms with Crippen molar-refractivity contribution in [2.24, 2.45) is 11.8 Å². The van der Waals surface area contributed by atoms with Gasteiger partial charge in [0.2, 0.25) is 9.84 Å². The van der Waals surface area contributed by atoms with E-state index in [-0.39, 0.29) is 18.2 Å². The molecular formula is C14H17F2NO4S. The lowest BCUT2D eigenvalue weighted by Gasteiger charge is -2.37. The van der Waals surface area contributed by atoms with Gasteiger partial charge in [-0.05, 0) is 24.5 Å². The maximum atomic E-state index is 12.8. The molecule has 0 aliphatic carbocycles. The number of carboxylic acids is 1. The first-order valence-corrected chi connectivity index (χ1v) is 8.37. The highest BCUT2D eigenvalue weighted by Gasteiger charge is 2.34. The molecule has 1 aromatic carbocycles. The number of rotatable bonds is 4. The lowest BCUT2D eigenvalue weighted by molar-refractivity contribution is -0.142. The predicted molar refractivity (Wildman–Crippen MR) is 76.8 cm³/mol. The van der Waals surface area contributed by atoms with Crippen LogP contribution in [0.5, 0.6) is 0 Å². The molecular weight excluding hydrogens is 316 g/mol. The quantitative estimate of drug-likeness (QED) is 0.914. The number of sulfone groups is 1. The average Bonchev–Trinajstić information content (AvgIpc) is 2.46. The number of para-hydroxylation sites is 1. The molecule has 1 saturated heterocycles. The molecule has 2 unspecified atom stereocenters. The van der Waals surface area contributed by atoms with Crippen LogP contribution in [0.15, 0.2) is 29.2 Å². The summed E-state index contributed by atoms with van der Waals surface area (Å²) in [5, 5.41) is 9.17. The molecule has 0 spiro atoms.